The molecule has 0 saturated carbocycles. The SMILES string of the molecule is CC(=O)N1CCN(C(=O)/C=C/c2ccccc2[N+](=O)[O-])CC1. The topological polar surface area (TPSA) is 83.8 Å². The van der Waals surface area contributed by atoms with E-state index in [4.69, 9.17) is 0 Å². The zero-order chi connectivity index (χ0) is 16.1. The minimum absolute atomic E-state index is 0.00236. The standard InChI is InChI=1S/C15H17N3O4/c1-12(19)16-8-10-17(11-9-16)15(20)7-6-13-4-2-3-5-14(13)18(21)22/h2-7H,8-11H2,1H3/b7-6+. The lowest BCUT2D eigenvalue weighted by molar-refractivity contribution is -0.385. The highest BCUT2D eigenvalue weighted by Gasteiger charge is 2.21. The first kappa shape index (κ1) is 15.7. The molecule has 0 radical (unpaired) electrons. The number of carbonyl (C=O) groups excluding carboxylic acids is 2. The van der Waals surface area contributed by atoms with Crippen molar-refractivity contribution >= 4 is 23.6 Å². The van der Waals surface area contributed by atoms with Crippen LogP contribution in [-0.2, 0) is 9.59 Å². The van der Waals surface area contributed by atoms with Crippen LogP contribution >= 0.6 is 0 Å². The number of rotatable bonds is 3. The molecular formula is C15H17N3O4. The fourth-order valence-electron chi connectivity index (χ4n) is 2.30. The molecule has 0 aliphatic carbocycles. The van der Waals surface area contributed by atoms with Crippen molar-refractivity contribution in [2.75, 3.05) is 26.2 Å². The van der Waals surface area contributed by atoms with Crippen molar-refractivity contribution < 1.29 is 14.5 Å². The molecule has 116 valence electrons. The highest BCUT2D eigenvalue weighted by atomic mass is 16.6. The van der Waals surface area contributed by atoms with Gasteiger partial charge in [0, 0.05) is 45.2 Å². The van der Waals surface area contributed by atoms with E-state index in [1.54, 1.807) is 28.0 Å². The highest BCUT2D eigenvalue weighted by molar-refractivity contribution is 5.92. The van der Waals surface area contributed by atoms with Crippen molar-refractivity contribution in [2.24, 2.45) is 0 Å². The third-order valence-electron chi connectivity index (χ3n) is 3.58. The molecule has 2 rings (SSSR count). The quantitative estimate of drug-likeness (QED) is 0.478. The molecule has 1 saturated heterocycles. The number of para-hydroxylation sites is 1. The molecule has 0 atom stereocenters. The van der Waals surface area contributed by atoms with E-state index in [-0.39, 0.29) is 17.5 Å². The second-order valence-corrected chi connectivity index (χ2v) is 4.98. The smallest absolute Gasteiger partial charge is 0.276 e. The maximum absolute atomic E-state index is 12.1. The summed E-state index contributed by atoms with van der Waals surface area (Å²) in [6, 6.07) is 6.26. The van der Waals surface area contributed by atoms with Crippen LogP contribution in [0.5, 0.6) is 0 Å². The largest absolute Gasteiger partial charge is 0.339 e. The first-order valence-electron chi connectivity index (χ1n) is 6.95. The molecule has 22 heavy (non-hydrogen) atoms. The Morgan fingerprint density at radius 1 is 1.14 bits per heavy atom. The minimum Gasteiger partial charge on any atom is -0.339 e. The van der Waals surface area contributed by atoms with Crippen LogP contribution in [0, 0.1) is 10.1 Å². The Morgan fingerprint density at radius 2 is 1.73 bits per heavy atom. The fraction of sp³-hybridized carbons (Fsp3) is 0.333. The second kappa shape index (κ2) is 6.84. The Bertz CT molecular complexity index is 619. The fourth-order valence-corrected chi connectivity index (χ4v) is 2.30. The highest BCUT2D eigenvalue weighted by Crippen LogP contribution is 2.19. The van der Waals surface area contributed by atoms with Crippen molar-refractivity contribution in [1.82, 2.24) is 9.80 Å². The summed E-state index contributed by atoms with van der Waals surface area (Å²) in [5.74, 6) is -0.205. The molecule has 0 bridgehead atoms. The number of piperazine rings is 1. The number of hydrogen-bond donors (Lipinski definition) is 0. The van der Waals surface area contributed by atoms with Gasteiger partial charge in [0.2, 0.25) is 11.8 Å². The molecule has 1 heterocycles. The molecule has 2 amide bonds. The number of benzene rings is 1. The van der Waals surface area contributed by atoms with Crippen LogP contribution in [0.2, 0.25) is 0 Å². The lowest BCUT2D eigenvalue weighted by Crippen LogP contribution is -2.49. The number of nitro groups is 1. The molecular weight excluding hydrogens is 286 g/mol. The van der Waals surface area contributed by atoms with Gasteiger partial charge in [-0.2, -0.15) is 0 Å². The summed E-state index contributed by atoms with van der Waals surface area (Å²) < 4.78 is 0. The number of nitro benzene ring substituents is 1. The molecule has 1 aliphatic rings. The van der Waals surface area contributed by atoms with Crippen molar-refractivity contribution in [3.8, 4) is 0 Å². The van der Waals surface area contributed by atoms with Gasteiger partial charge in [-0.05, 0) is 12.1 Å². The average molecular weight is 303 g/mol. The van der Waals surface area contributed by atoms with Crippen LogP contribution in [0.1, 0.15) is 12.5 Å². The van der Waals surface area contributed by atoms with E-state index in [0.29, 0.717) is 31.7 Å². The zero-order valence-corrected chi connectivity index (χ0v) is 12.3. The van der Waals surface area contributed by atoms with Gasteiger partial charge in [-0.3, -0.25) is 19.7 Å². The Balaban J connectivity index is 2.01. The Labute approximate surface area is 128 Å². The predicted octanol–water partition coefficient (Wildman–Crippen LogP) is 1.30. The van der Waals surface area contributed by atoms with Gasteiger partial charge in [0.1, 0.15) is 0 Å². The van der Waals surface area contributed by atoms with E-state index in [1.807, 2.05) is 0 Å². The molecule has 0 spiro atoms. The summed E-state index contributed by atoms with van der Waals surface area (Å²) >= 11 is 0. The predicted molar refractivity (Wildman–Crippen MR) is 81.0 cm³/mol. The first-order chi connectivity index (χ1) is 10.5. The maximum Gasteiger partial charge on any atom is 0.276 e. The number of hydrogen-bond acceptors (Lipinski definition) is 4. The molecule has 0 N–H and O–H groups in total. The normalized spacial score (nSPS) is 15.1. The van der Waals surface area contributed by atoms with Crippen molar-refractivity contribution in [1.29, 1.82) is 0 Å². The van der Waals surface area contributed by atoms with Gasteiger partial charge >= 0.3 is 0 Å². The molecule has 1 aliphatic heterocycles. The Hall–Kier alpha value is -2.70. The van der Waals surface area contributed by atoms with Crippen molar-refractivity contribution in [2.45, 2.75) is 6.92 Å². The van der Waals surface area contributed by atoms with E-state index in [0.717, 1.165) is 0 Å². The van der Waals surface area contributed by atoms with Gasteiger partial charge in [-0.1, -0.05) is 12.1 Å². The van der Waals surface area contributed by atoms with Gasteiger partial charge in [-0.25, -0.2) is 0 Å². The summed E-state index contributed by atoms with van der Waals surface area (Å²) in [6.45, 7) is 3.48. The molecule has 7 heteroatoms. The van der Waals surface area contributed by atoms with Crippen LogP contribution in [0.15, 0.2) is 30.3 Å². The second-order valence-electron chi connectivity index (χ2n) is 4.98. The number of amides is 2. The zero-order valence-electron chi connectivity index (χ0n) is 12.3. The van der Waals surface area contributed by atoms with E-state index in [1.165, 1.54) is 25.1 Å². The average Bonchev–Trinajstić information content (AvgIpc) is 2.52. The molecule has 1 aromatic rings. The third-order valence-corrected chi connectivity index (χ3v) is 3.58. The summed E-state index contributed by atoms with van der Waals surface area (Å²) in [7, 11) is 0. The lowest BCUT2D eigenvalue weighted by atomic mass is 10.1. The summed E-state index contributed by atoms with van der Waals surface area (Å²) in [4.78, 5) is 37.1. The van der Waals surface area contributed by atoms with Gasteiger partial charge in [-0.15, -0.1) is 0 Å². The van der Waals surface area contributed by atoms with E-state index >= 15 is 0 Å². The Kier molecular flexibility index (Phi) is 4.88. The monoisotopic (exact) mass is 303 g/mol. The van der Waals surface area contributed by atoms with Crippen LogP contribution in [-0.4, -0.2) is 52.7 Å². The van der Waals surface area contributed by atoms with Crippen molar-refractivity contribution in [3.05, 3.63) is 46.0 Å². The van der Waals surface area contributed by atoms with Crippen LogP contribution in [0.4, 0.5) is 5.69 Å². The van der Waals surface area contributed by atoms with Crippen LogP contribution < -0.4 is 0 Å². The van der Waals surface area contributed by atoms with Gasteiger partial charge in [0.05, 0.1) is 10.5 Å². The van der Waals surface area contributed by atoms with Crippen LogP contribution in [0.25, 0.3) is 6.08 Å². The van der Waals surface area contributed by atoms with E-state index in [2.05, 4.69) is 0 Å². The molecule has 0 unspecified atom stereocenters. The van der Waals surface area contributed by atoms with Crippen molar-refractivity contribution in [3.63, 3.8) is 0 Å². The Morgan fingerprint density at radius 3 is 2.32 bits per heavy atom. The minimum atomic E-state index is -0.476. The number of carbonyl (C=O) groups is 2. The first-order valence-corrected chi connectivity index (χ1v) is 6.95. The molecule has 1 aromatic carbocycles. The summed E-state index contributed by atoms with van der Waals surface area (Å²) in [5.41, 5.74) is 0.358. The third kappa shape index (κ3) is 3.69. The van der Waals surface area contributed by atoms with Crippen LogP contribution in [0.3, 0.4) is 0 Å². The maximum atomic E-state index is 12.1. The van der Waals surface area contributed by atoms with E-state index in [9.17, 15) is 19.7 Å². The van der Waals surface area contributed by atoms with E-state index < -0.39 is 4.92 Å². The van der Waals surface area contributed by atoms with Gasteiger partial charge < -0.3 is 9.80 Å². The number of nitrogens with zero attached hydrogens (tertiary/aromatic N) is 3. The lowest BCUT2D eigenvalue weighted by Gasteiger charge is -2.33. The van der Waals surface area contributed by atoms with Gasteiger partial charge in [0.25, 0.3) is 5.69 Å². The molecule has 7 nitrogen and oxygen atoms in total. The molecule has 1 fully saturated rings. The summed E-state index contributed by atoms with van der Waals surface area (Å²) in [5, 5.41) is 10.9. The van der Waals surface area contributed by atoms with Gasteiger partial charge in [0.15, 0.2) is 0 Å². The summed E-state index contributed by atoms with van der Waals surface area (Å²) in [6.07, 6.45) is 2.80. The molecule has 0 aromatic heterocycles.